The van der Waals surface area contributed by atoms with Gasteiger partial charge < -0.3 is 14.4 Å². The van der Waals surface area contributed by atoms with E-state index in [1.807, 2.05) is 6.92 Å². The van der Waals surface area contributed by atoms with E-state index in [2.05, 4.69) is 15.9 Å². The lowest BCUT2D eigenvalue weighted by Crippen LogP contribution is -2.30. The molecule has 0 bridgehead atoms. The molecule has 33 heavy (non-hydrogen) atoms. The van der Waals surface area contributed by atoms with Crippen LogP contribution in [0.1, 0.15) is 40.1 Å². The maximum absolute atomic E-state index is 13.6. The summed E-state index contributed by atoms with van der Waals surface area (Å²) in [6, 6.07) is 17.0. The highest BCUT2D eigenvalue weighted by molar-refractivity contribution is 9.10. The van der Waals surface area contributed by atoms with Crippen molar-refractivity contribution in [3.8, 4) is 5.75 Å². The highest BCUT2D eigenvalue weighted by Crippen LogP contribution is 2.31. The Morgan fingerprint density at radius 3 is 2.12 bits per heavy atom. The molecule has 0 saturated carbocycles. The van der Waals surface area contributed by atoms with E-state index in [0.29, 0.717) is 49.3 Å². The topological polar surface area (TPSA) is 55.8 Å². The number of halogens is 3. The quantitative estimate of drug-likeness (QED) is 0.279. The van der Waals surface area contributed by atoms with Crippen LogP contribution < -0.4 is 9.64 Å². The number of ether oxygens (including phenoxy) is 2. The fraction of sp³-hybridized carbons (Fsp3) is 0.200. The lowest BCUT2D eigenvalue weighted by Gasteiger charge is -2.25. The third-order valence-electron chi connectivity index (χ3n) is 4.79. The van der Waals surface area contributed by atoms with Crippen molar-refractivity contribution in [2.24, 2.45) is 0 Å². The summed E-state index contributed by atoms with van der Waals surface area (Å²) in [5.74, 6) is -0.0429. The number of rotatable bonds is 8. The molecule has 0 heterocycles. The first-order valence-electron chi connectivity index (χ1n) is 10.3. The summed E-state index contributed by atoms with van der Waals surface area (Å²) in [6.07, 6.45) is 0. The second-order valence-electron chi connectivity index (χ2n) is 6.94. The fourth-order valence-corrected chi connectivity index (χ4v) is 4.19. The third kappa shape index (κ3) is 6.08. The Morgan fingerprint density at radius 2 is 1.55 bits per heavy atom. The SMILES string of the molecule is CCOC(=O)c1ccc(N(Cc2c(Cl)cccc2Cl)C(=O)c2ccc(OCC)c(Br)c2)cc1. The van der Waals surface area contributed by atoms with E-state index in [-0.39, 0.29) is 19.1 Å². The van der Waals surface area contributed by atoms with Crippen LogP contribution in [0.4, 0.5) is 5.69 Å². The average molecular weight is 551 g/mol. The molecule has 1 amide bonds. The summed E-state index contributed by atoms with van der Waals surface area (Å²) in [5.41, 5.74) is 2.04. The molecule has 0 aliphatic carbocycles. The maximum atomic E-state index is 13.6. The van der Waals surface area contributed by atoms with E-state index < -0.39 is 5.97 Å². The van der Waals surface area contributed by atoms with Crippen molar-refractivity contribution >= 4 is 56.7 Å². The molecule has 0 aliphatic heterocycles. The molecule has 0 atom stereocenters. The van der Waals surface area contributed by atoms with Gasteiger partial charge in [-0.05, 0) is 84.4 Å². The van der Waals surface area contributed by atoms with E-state index in [1.54, 1.807) is 72.5 Å². The minimum Gasteiger partial charge on any atom is -0.493 e. The minimum atomic E-state index is -0.425. The molecule has 0 unspecified atom stereocenters. The van der Waals surface area contributed by atoms with Crippen molar-refractivity contribution in [1.82, 2.24) is 0 Å². The Balaban J connectivity index is 2.01. The van der Waals surface area contributed by atoms with Crippen molar-refractivity contribution in [1.29, 1.82) is 0 Å². The predicted octanol–water partition coefficient (Wildman–Crippen LogP) is 7.18. The molecule has 0 radical (unpaired) electrons. The van der Waals surface area contributed by atoms with Crippen molar-refractivity contribution in [2.45, 2.75) is 20.4 Å². The van der Waals surface area contributed by atoms with Gasteiger partial charge in [0.2, 0.25) is 0 Å². The van der Waals surface area contributed by atoms with Gasteiger partial charge in [-0.25, -0.2) is 4.79 Å². The minimum absolute atomic E-state index is 0.140. The zero-order valence-electron chi connectivity index (χ0n) is 18.1. The second kappa shape index (κ2) is 11.5. The molecule has 3 aromatic carbocycles. The number of nitrogens with zero attached hydrogens (tertiary/aromatic N) is 1. The van der Waals surface area contributed by atoms with E-state index >= 15 is 0 Å². The van der Waals surface area contributed by atoms with E-state index in [0.717, 1.165) is 0 Å². The summed E-state index contributed by atoms with van der Waals surface area (Å²) in [4.78, 5) is 27.2. The zero-order valence-corrected chi connectivity index (χ0v) is 21.2. The number of anilines is 1. The Kier molecular flexibility index (Phi) is 8.78. The molecular formula is C25H22BrCl2NO4. The summed E-state index contributed by atoms with van der Waals surface area (Å²) in [7, 11) is 0. The Hall–Kier alpha value is -2.54. The molecule has 0 fully saturated rings. The van der Waals surface area contributed by atoms with Gasteiger partial charge in [-0.1, -0.05) is 29.3 Å². The van der Waals surface area contributed by atoms with Gasteiger partial charge in [-0.3, -0.25) is 4.79 Å². The van der Waals surface area contributed by atoms with Crippen LogP contribution in [0.15, 0.2) is 65.1 Å². The number of hydrogen-bond donors (Lipinski definition) is 0. The summed E-state index contributed by atoms with van der Waals surface area (Å²) >= 11 is 16.2. The van der Waals surface area contributed by atoms with Crippen LogP contribution in [0.3, 0.4) is 0 Å². The molecule has 0 spiro atoms. The second-order valence-corrected chi connectivity index (χ2v) is 8.61. The number of carbonyl (C=O) groups is 2. The van der Waals surface area contributed by atoms with Crippen LogP contribution >= 0.6 is 39.1 Å². The first-order chi connectivity index (χ1) is 15.8. The summed E-state index contributed by atoms with van der Waals surface area (Å²) < 4.78 is 11.3. The van der Waals surface area contributed by atoms with Crippen molar-refractivity contribution in [3.63, 3.8) is 0 Å². The van der Waals surface area contributed by atoms with Gasteiger partial charge in [-0.2, -0.15) is 0 Å². The molecule has 8 heteroatoms. The van der Waals surface area contributed by atoms with Crippen molar-refractivity contribution < 1.29 is 19.1 Å². The average Bonchev–Trinajstić information content (AvgIpc) is 2.80. The van der Waals surface area contributed by atoms with Crippen molar-refractivity contribution in [3.05, 3.63) is 91.9 Å². The lowest BCUT2D eigenvalue weighted by atomic mass is 10.1. The van der Waals surface area contributed by atoms with E-state index in [4.69, 9.17) is 32.7 Å². The van der Waals surface area contributed by atoms with Gasteiger partial charge >= 0.3 is 5.97 Å². The van der Waals surface area contributed by atoms with Crippen LogP contribution in [0, 0.1) is 0 Å². The third-order valence-corrected chi connectivity index (χ3v) is 6.12. The van der Waals surface area contributed by atoms with Gasteiger partial charge in [0.05, 0.1) is 29.8 Å². The van der Waals surface area contributed by atoms with Crippen LogP contribution in [0.2, 0.25) is 10.0 Å². The van der Waals surface area contributed by atoms with Crippen LogP contribution in [-0.2, 0) is 11.3 Å². The van der Waals surface area contributed by atoms with Gasteiger partial charge in [-0.15, -0.1) is 0 Å². The standard InChI is InChI=1S/C25H22BrCl2NO4/c1-3-32-23-13-10-17(14-20(23)26)24(30)29(15-19-21(27)6-5-7-22(19)28)18-11-8-16(9-12-18)25(31)33-4-2/h5-14H,3-4,15H2,1-2H3. The fourth-order valence-electron chi connectivity index (χ4n) is 3.18. The molecule has 0 aliphatic rings. The number of esters is 1. The zero-order chi connectivity index (χ0) is 24.0. The van der Waals surface area contributed by atoms with Gasteiger partial charge in [0, 0.05) is 26.9 Å². The molecule has 3 rings (SSSR count). The van der Waals surface area contributed by atoms with Gasteiger partial charge in [0.15, 0.2) is 0 Å². The molecule has 0 saturated heterocycles. The maximum Gasteiger partial charge on any atom is 0.338 e. The van der Waals surface area contributed by atoms with Crippen LogP contribution in [0.5, 0.6) is 5.75 Å². The Bertz CT molecular complexity index is 1130. The highest BCUT2D eigenvalue weighted by Gasteiger charge is 2.22. The number of benzene rings is 3. The van der Waals surface area contributed by atoms with Crippen molar-refractivity contribution in [2.75, 3.05) is 18.1 Å². The first kappa shape index (κ1) is 25.1. The molecule has 5 nitrogen and oxygen atoms in total. The van der Waals surface area contributed by atoms with Gasteiger partial charge in [0.25, 0.3) is 5.91 Å². The molecule has 3 aromatic rings. The normalized spacial score (nSPS) is 10.6. The van der Waals surface area contributed by atoms with Crippen LogP contribution in [-0.4, -0.2) is 25.1 Å². The van der Waals surface area contributed by atoms with Gasteiger partial charge in [0.1, 0.15) is 5.75 Å². The Morgan fingerprint density at radius 1 is 0.909 bits per heavy atom. The monoisotopic (exact) mass is 549 g/mol. The number of hydrogen-bond acceptors (Lipinski definition) is 4. The summed E-state index contributed by atoms with van der Waals surface area (Å²) in [5, 5.41) is 0.910. The smallest absolute Gasteiger partial charge is 0.338 e. The first-order valence-corrected chi connectivity index (χ1v) is 11.8. The molecule has 0 aromatic heterocycles. The highest BCUT2D eigenvalue weighted by atomic mass is 79.9. The largest absolute Gasteiger partial charge is 0.493 e. The number of carbonyl (C=O) groups excluding carboxylic acids is 2. The molecule has 172 valence electrons. The lowest BCUT2D eigenvalue weighted by molar-refractivity contribution is 0.0526. The van der Waals surface area contributed by atoms with E-state index in [1.165, 1.54) is 0 Å². The predicted molar refractivity (Wildman–Crippen MR) is 135 cm³/mol. The van der Waals surface area contributed by atoms with Crippen LogP contribution in [0.25, 0.3) is 0 Å². The number of amides is 1. The van der Waals surface area contributed by atoms with E-state index in [9.17, 15) is 9.59 Å². The Labute approximate surface area is 211 Å². The molecular weight excluding hydrogens is 529 g/mol. The summed E-state index contributed by atoms with van der Waals surface area (Å²) in [6.45, 7) is 4.56. The molecule has 0 N–H and O–H groups in total.